The molecule has 0 unspecified atom stereocenters. The smallest absolute Gasteiger partial charge is 0.417 e. The molecule has 2 heterocycles. The van der Waals surface area contributed by atoms with Crippen LogP contribution in [0.1, 0.15) is 10.4 Å². The molecule has 8 nitrogen and oxygen atoms in total. The summed E-state index contributed by atoms with van der Waals surface area (Å²) in [6, 6.07) is 10.8. The van der Waals surface area contributed by atoms with Gasteiger partial charge >= 0.3 is 5.76 Å². The number of ether oxygens (including phenoxy) is 2. The van der Waals surface area contributed by atoms with Gasteiger partial charge in [-0.1, -0.05) is 6.07 Å². The summed E-state index contributed by atoms with van der Waals surface area (Å²) >= 11 is 0. The van der Waals surface area contributed by atoms with Crippen molar-refractivity contribution in [2.75, 3.05) is 45.3 Å². The summed E-state index contributed by atoms with van der Waals surface area (Å²) in [5.74, 6) is 0.623. The molecule has 0 radical (unpaired) electrons. The Morgan fingerprint density at radius 2 is 1.71 bits per heavy atom. The van der Waals surface area contributed by atoms with Gasteiger partial charge in [-0.3, -0.25) is 9.78 Å². The third-order valence-corrected chi connectivity index (χ3v) is 4.93. The molecule has 0 saturated carbocycles. The molecule has 8 heteroatoms. The number of piperazine rings is 1. The van der Waals surface area contributed by atoms with Gasteiger partial charge in [0.1, 0.15) is 11.5 Å². The number of aromatic nitrogens is 1. The minimum Gasteiger partial charge on any atom is -0.497 e. The Labute approximate surface area is 161 Å². The summed E-state index contributed by atoms with van der Waals surface area (Å²) in [5.41, 5.74) is 2.60. The largest absolute Gasteiger partial charge is 0.497 e. The fourth-order valence-corrected chi connectivity index (χ4v) is 3.47. The molecule has 1 aliphatic rings. The van der Waals surface area contributed by atoms with Crippen molar-refractivity contribution in [2.24, 2.45) is 0 Å². The minimum absolute atomic E-state index is 0.0664. The van der Waals surface area contributed by atoms with Crippen molar-refractivity contribution < 1.29 is 18.7 Å². The van der Waals surface area contributed by atoms with E-state index in [9.17, 15) is 9.59 Å². The monoisotopic (exact) mass is 383 g/mol. The van der Waals surface area contributed by atoms with Gasteiger partial charge in [0.2, 0.25) is 0 Å². The lowest BCUT2D eigenvalue weighted by atomic mass is 10.1. The highest BCUT2D eigenvalue weighted by molar-refractivity contribution is 5.95. The summed E-state index contributed by atoms with van der Waals surface area (Å²) in [4.78, 5) is 31.0. The molecule has 3 aromatic rings. The number of fused-ring (bicyclic) bond motifs is 1. The number of benzene rings is 2. The van der Waals surface area contributed by atoms with Crippen molar-refractivity contribution in [3.05, 3.63) is 52.5 Å². The lowest BCUT2D eigenvalue weighted by Gasteiger charge is -2.36. The first-order chi connectivity index (χ1) is 13.6. The van der Waals surface area contributed by atoms with E-state index in [4.69, 9.17) is 13.9 Å². The fourth-order valence-electron chi connectivity index (χ4n) is 3.47. The molecule has 0 bridgehead atoms. The van der Waals surface area contributed by atoms with Crippen molar-refractivity contribution in [1.29, 1.82) is 0 Å². The van der Waals surface area contributed by atoms with Crippen molar-refractivity contribution in [2.45, 2.75) is 0 Å². The molecule has 1 saturated heterocycles. The lowest BCUT2D eigenvalue weighted by Crippen LogP contribution is -2.48. The number of carbonyl (C=O) groups excluding carboxylic acids is 1. The van der Waals surface area contributed by atoms with E-state index in [-0.39, 0.29) is 5.91 Å². The standard InChI is InChI=1S/C20H21N3O5/c1-26-14-10-13(11-15(12-14)27-2)19(24)23-8-6-22(7-9-23)17-5-3-4-16-18(17)28-20(25)21-16/h3-5,10-12H,6-9H2,1-2H3,(H,21,25). The zero-order valence-corrected chi connectivity index (χ0v) is 15.7. The van der Waals surface area contributed by atoms with Crippen LogP contribution >= 0.6 is 0 Å². The van der Waals surface area contributed by atoms with E-state index in [2.05, 4.69) is 9.88 Å². The van der Waals surface area contributed by atoms with Crippen LogP contribution in [0, 0.1) is 0 Å². The summed E-state index contributed by atoms with van der Waals surface area (Å²) in [6.07, 6.45) is 0. The van der Waals surface area contributed by atoms with Crippen molar-refractivity contribution in [3.8, 4) is 11.5 Å². The number of rotatable bonds is 4. The number of hydrogen-bond donors (Lipinski definition) is 1. The molecule has 1 aromatic heterocycles. The number of amides is 1. The third-order valence-electron chi connectivity index (χ3n) is 4.93. The van der Waals surface area contributed by atoms with E-state index in [1.807, 2.05) is 12.1 Å². The van der Waals surface area contributed by atoms with Crippen LogP contribution in [-0.2, 0) is 0 Å². The Hall–Kier alpha value is -3.42. The van der Waals surface area contributed by atoms with Crippen LogP contribution in [0.15, 0.2) is 45.6 Å². The molecule has 1 fully saturated rings. The van der Waals surface area contributed by atoms with Gasteiger partial charge in [0.05, 0.1) is 25.4 Å². The van der Waals surface area contributed by atoms with Crippen molar-refractivity contribution in [1.82, 2.24) is 9.88 Å². The number of hydrogen-bond acceptors (Lipinski definition) is 6. The molecule has 0 spiro atoms. The Morgan fingerprint density at radius 3 is 2.36 bits per heavy atom. The first kappa shape index (κ1) is 18.0. The maximum Gasteiger partial charge on any atom is 0.417 e. The maximum absolute atomic E-state index is 12.9. The van der Waals surface area contributed by atoms with Gasteiger partial charge < -0.3 is 23.7 Å². The predicted octanol–water partition coefficient (Wildman–Crippen LogP) is 2.10. The van der Waals surface area contributed by atoms with Crippen LogP contribution in [0.25, 0.3) is 11.1 Å². The van der Waals surface area contributed by atoms with Crippen LogP contribution in [0.2, 0.25) is 0 Å². The van der Waals surface area contributed by atoms with E-state index in [0.29, 0.717) is 54.3 Å². The Morgan fingerprint density at radius 1 is 1.04 bits per heavy atom. The molecule has 4 rings (SSSR count). The molecule has 2 aromatic carbocycles. The average Bonchev–Trinajstić information content (AvgIpc) is 3.13. The second-order valence-corrected chi connectivity index (χ2v) is 6.55. The number of anilines is 1. The molecule has 0 aliphatic carbocycles. The van der Waals surface area contributed by atoms with Gasteiger partial charge in [0, 0.05) is 37.8 Å². The molecule has 146 valence electrons. The molecule has 1 N–H and O–H groups in total. The first-order valence-corrected chi connectivity index (χ1v) is 8.98. The maximum atomic E-state index is 12.9. The highest BCUT2D eigenvalue weighted by Crippen LogP contribution is 2.27. The number of carbonyl (C=O) groups is 1. The number of methoxy groups -OCH3 is 2. The zero-order chi connectivity index (χ0) is 19.7. The quantitative estimate of drug-likeness (QED) is 0.742. The minimum atomic E-state index is -0.469. The lowest BCUT2D eigenvalue weighted by molar-refractivity contribution is 0.0746. The van der Waals surface area contributed by atoms with Gasteiger partial charge in [-0.05, 0) is 24.3 Å². The van der Waals surface area contributed by atoms with Crippen LogP contribution in [-0.4, -0.2) is 56.2 Å². The highest BCUT2D eigenvalue weighted by atomic mass is 16.5. The summed E-state index contributed by atoms with van der Waals surface area (Å²) in [5, 5.41) is 0. The molecule has 28 heavy (non-hydrogen) atoms. The van der Waals surface area contributed by atoms with E-state index >= 15 is 0 Å². The number of nitrogens with one attached hydrogen (secondary N) is 1. The van der Waals surface area contributed by atoms with Crippen molar-refractivity contribution >= 4 is 22.7 Å². The Balaban J connectivity index is 1.51. The van der Waals surface area contributed by atoms with Crippen LogP contribution in [0.4, 0.5) is 5.69 Å². The van der Waals surface area contributed by atoms with Crippen LogP contribution in [0.5, 0.6) is 11.5 Å². The predicted molar refractivity (Wildman–Crippen MR) is 104 cm³/mol. The van der Waals surface area contributed by atoms with Crippen molar-refractivity contribution in [3.63, 3.8) is 0 Å². The number of H-pyrrole nitrogens is 1. The van der Waals surface area contributed by atoms with Gasteiger partial charge in [0.25, 0.3) is 5.91 Å². The number of aromatic amines is 1. The molecule has 0 atom stereocenters. The van der Waals surface area contributed by atoms with Gasteiger partial charge in [0.15, 0.2) is 5.58 Å². The molecular weight excluding hydrogens is 362 g/mol. The fraction of sp³-hybridized carbons (Fsp3) is 0.300. The van der Waals surface area contributed by atoms with Crippen LogP contribution < -0.4 is 20.1 Å². The van der Waals surface area contributed by atoms with Gasteiger partial charge in [-0.15, -0.1) is 0 Å². The number of nitrogens with zero attached hydrogens (tertiary/aromatic N) is 2. The topological polar surface area (TPSA) is 88.0 Å². The van der Waals surface area contributed by atoms with E-state index in [1.54, 1.807) is 43.4 Å². The third kappa shape index (κ3) is 3.28. The molecule has 1 amide bonds. The Kier molecular flexibility index (Phi) is 4.68. The normalized spacial score (nSPS) is 14.4. The van der Waals surface area contributed by atoms with E-state index < -0.39 is 5.76 Å². The van der Waals surface area contributed by atoms with Gasteiger partial charge in [-0.25, -0.2) is 4.79 Å². The molecule has 1 aliphatic heterocycles. The van der Waals surface area contributed by atoms with E-state index in [0.717, 1.165) is 5.69 Å². The average molecular weight is 383 g/mol. The highest BCUT2D eigenvalue weighted by Gasteiger charge is 2.25. The summed E-state index contributed by atoms with van der Waals surface area (Å²) in [6.45, 7) is 2.40. The van der Waals surface area contributed by atoms with Gasteiger partial charge in [-0.2, -0.15) is 0 Å². The molecular formula is C20H21N3O5. The number of oxazole rings is 1. The number of para-hydroxylation sites is 1. The van der Waals surface area contributed by atoms with E-state index in [1.165, 1.54) is 0 Å². The zero-order valence-electron chi connectivity index (χ0n) is 15.7. The van der Waals surface area contributed by atoms with Crippen LogP contribution in [0.3, 0.4) is 0 Å². The summed E-state index contributed by atoms with van der Waals surface area (Å²) < 4.78 is 15.8. The second kappa shape index (κ2) is 7.30. The first-order valence-electron chi connectivity index (χ1n) is 8.98. The second-order valence-electron chi connectivity index (χ2n) is 6.55. The summed E-state index contributed by atoms with van der Waals surface area (Å²) in [7, 11) is 3.11. The Bertz CT molecular complexity index is 1040. The SMILES string of the molecule is COc1cc(OC)cc(C(=O)N2CCN(c3cccc4[nH]c(=O)oc34)CC2)c1.